The Bertz CT molecular complexity index is 447. The molecule has 20 heavy (non-hydrogen) atoms. The van der Waals surface area contributed by atoms with E-state index in [-0.39, 0.29) is 19.1 Å². The summed E-state index contributed by atoms with van der Waals surface area (Å²) in [7, 11) is 0. The second-order valence-electron chi connectivity index (χ2n) is 5.35. The fraction of sp³-hybridized carbons (Fsp3) is 0.533. The summed E-state index contributed by atoms with van der Waals surface area (Å²) in [6.07, 6.45) is -0.789. The van der Waals surface area contributed by atoms with Crippen molar-refractivity contribution in [2.24, 2.45) is 5.92 Å². The summed E-state index contributed by atoms with van der Waals surface area (Å²) in [4.78, 5) is 11.9. The molecule has 0 aliphatic rings. The Morgan fingerprint density at radius 3 is 2.55 bits per heavy atom. The molecule has 0 heterocycles. The summed E-state index contributed by atoms with van der Waals surface area (Å²) in [6.45, 7) is 6.64. The van der Waals surface area contributed by atoms with Gasteiger partial charge in [-0.3, -0.25) is 4.79 Å². The summed E-state index contributed by atoms with van der Waals surface area (Å²) in [5.41, 5.74) is 2.39. The molecule has 4 N–H and O–H groups in total. The van der Waals surface area contributed by atoms with Gasteiger partial charge in [0.1, 0.15) is 0 Å². The third-order valence-corrected chi connectivity index (χ3v) is 2.90. The number of rotatable bonds is 7. The molecule has 0 radical (unpaired) electrons. The largest absolute Gasteiger partial charge is 0.394 e. The Kier molecular flexibility index (Phi) is 6.48. The Balaban J connectivity index is 2.65. The zero-order chi connectivity index (χ0) is 15.1. The maximum Gasteiger partial charge on any atom is 0.251 e. The van der Waals surface area contributed by atoms with Crippen molar-refractivity contribution in [3.63, 3.8) is 0 Å². The number of amides is 1. The van der Waals surface area contributed by atoms with Crippen LogP contribution in [0.5, 0.6) is 0 Å². The Hall–Kier alpha value is -1.59. The van der Waals surface area contributed by atoms with Crippen molar-refractivity contribution >= 4 is 11.6 Å². The first-order valence-corrected chi connectivity index (χ1v) is 6.85. The van der Waals surface area contributed by atoms with E-state index in [0.29, 0.717) is 18.0 Å². The second-order valence-corrected chi connectivity index (χ2v) is 5.35. The van der Waals surface area contributed by atoms with Gasteiger partial charge in [-0.25, -0.2) is 0 Å². The number of aliphatic hydroxyl groups excluding tert-OH is 2. The first-order chi connectivity index (χ1) is 9.43. The van der Waals surface area contributed by atoms with Crippen LogP contribution >= 0.6 is 0 Å². The number of benzene rings is 1. The van der Waals surface area contributed by atoms with Gasteiger partial charge in [-0.2, -0.15) is 0 Å². The van der Waals surface area contributed by atoms with Crippen LogP contribution in [0.4, 0.5) is 5.69 Å². The minimum Gasteiger partial charge on any atom is -0.394 e. The quantitative estimate of drug-likeness (QED) is 0.604. The maximum absolute atomic E-state index is 11.9. The highest BCUT2D eigenvalue weighted by molar-refractivity contribution is 5.94. The average molecular weight is 280 g/mol. The van der Waals surface area contributed by atoms with Gasteiger partial charge in [-0.15, -0.1) is 0 Å². The number of carbonyl (C=O) groups excluding carboxylic acids is 1. The lowest BCUT2D eigenvalue weighted by atomic mass is 10.1. The van der Waals surface area contributed by atoms with Gasteiger partial charge in [-0.1, -0.05) is 13.8 Å². The molecule has 0 aliphatic heterocycles. The highest BCUT2D eigenvalue weighted by Gasteiger charge is 2.09. The number of hydrogen-bond acceptors (Lipinski definition) is 4. The molecule has 0 aromatic heterocycles. The fourth-order valence-corrected chi connectivity index (χ4v) is 1.69. The topological polar surface area (TPSA) is 81.6 Å². The molecule has 1 aromatic rings. The number of carbonyl (C=O) groups is 1. The minimum atomic E-state index is -0.789. The molecule has 0 aliphatic carbocycles. The Morgan fingerprint density at radius 1 is 1.30 bits per heavy atom. The summed E-state index contributed by atoms with van der Waals surface area (Å²) in [5.74, 6) is 0.338. The van der Waals surface area contributed by atoms with E-state index in [4.69, 9.17) is 5.11 Å². The third kappa shape index (κ3) is 5.19. The molecule has 5 nitrogen and oxygen atoms in total. The minimum absolute atomic E-state index is 0.0799. The summed E-state index contributed by atoms with van der Waals surface area (Å²) in [6, 6.07) is 5.36. The molecule has 1 unspecified atom stereocenters. The van der Waals surface area contributed by atoms with E-state index in [1.54, 1.807) is 6.07 Å². The van der Waals surface area contributed by atoms with Crippen LogP contribution in [0.25, 0.3) is 0 Å². The molecule has 0 saturated heterocycles. The molecule has 5 heteroatoms. The van der Waals surface area contributed by atoms with Crippen LogP contribution in [0, 0.1) is 12.8 Å². The van der Waals surface area contributed by atoms with Gasteiger partial charge in [0.05, 0.1) is 12.7 Å². The van der Waals surface area contributed by atoms with Crippen LogP contribution in [0.15, 0.2) is 18.2 Å². The predicted molar refractivity (Wildman–Crippen MR) is 79.9 cm³/mol. The van der Waals surface area contributed by atoms with Gasteiger partial charge in [0.15, 0.2) is 0 Å². The molecule has 0 spiro atoms. The fourth-order valence-electron chi connectivity index (χ4n) is 1.69. The lowest BCUT2D eigenvalue weighted by molar-refractivity contribution is 0.0949. The molecule has 0 bridgehead atoms. The number of hydrogen-bond donors (Lipinski definition) is 4. The zero-order valence-corrected chi connectivity index (χ0v) is 12.3. The molecule has 1 atom stereocenters. The Labute approximate surface area is 120 Å². The van der Waals surface area contributed by atoms with Crippen LogP contribution in [0.1, 0.15) is 29.8 Å². The van der Waals surface area contributed by atoms with Crippen LogP contribution in [-0.2, 0) is 0 Å². The average Bonchev–Trinajstić information content (AvgIpc) is 2.42. The monoisotopic (exact) mass is 280 g/mol. The molecule has 1 aromatic carbocycles. The van der Waals surface area contributed by atoms with E-state index in [0.717, 1.165) is 11.3 Å². The smallest absolute Gasteiger partial charge is 0.251 e. The van der Waals surface area contributed by atoms with Gasteiger partial charge < -0.3 is 20.8 Å². The van der Waals surface area contributed by atoms with Crippen molar-refractivity contribution < 1.29 is 15.0 Å². The first-order valence-electron chi connectivity index (χ1n) is 6.85. The van der Waals surface area contributed by atoms with E-state index in [2.05, 4.69) is 10.6 Å². The first kappa shape index (κ1) is 16.5. The molecule has 1 amide bonds. The summed E-state index contributed by atoms with van der Waals surface area (Å²) in [5, 5.41) is 24.0. The van der Waals surface area contributed by atoms with Crippen molar-refractivity contribution in [3.8, 4) is 0 Å². The van der Waals surface area contributed by atoms with Crippen molar-refractivity contribution in [2.45, 2.75) is 26.9 Å². The Morgan fingerprint density at radius 2 is 2.00 bits per heavy atom. The van der Waals surface area contributed by atoms with Crippen molar-refractivity contribution in [3.05, 3.63) is 29.3 Å². The van der Waals surface area contributed by atoms with E-state index >= 15 is 0 Å². The van der Waals surface area contributed by atoms with Crippen molar-refractivity contribution in [1.29, 1.82) is 0 Å². The second kappa shape index (κ2) is 7.87. The summed E-state index contributed by atoms with van der Waals surface area (Å²) >= 11 is 0. The molecule has 112 valence electrons. The zero-order valence-electron chi connectivity index (χ0n) is 12.3. The summed E-state index contributed by atoms with van der Waals surface area (Å²) < 4.78 is 0. The SMILES string of the molecule is Cc1cc(C(=O)NCC(C)C)ccc1NCC(O)CO. The van der Waals surface area contributed by atoms with E-state index < -0.39 is 6.10 Å². The van der Waals surface area contributed by atoms with Crippen LogP contribution < -0.4 is 10.6 Å². The predicted octanol–water partition coefficient (Wildman–Crippen LogP) is 1.15. The number of aryl methyl sites for hydroxylation is 1. The van der Waals surface area contributed by atoms with E-state index in [1.165, 1.54) is 0 Å². The van der Waals surface area contributed by atoms with Gasteiger partial charge >= 0.3 is 0 Å². The van der Waals surface area contributed by atoms with Crippen LogP contribution in [0.3, 0.4) is 0 Å². The van der Waals surface area contributed by atoms with E-state index in [1.807, 2.05) is 32.9 Å². The highest BCUT2D eigenvalue weighted by Crippen LogP contribution is 2.16. The van der Waals surface area contributed by atoms with Gasteiger partial charge in [0, 0.05) is 24.3 Å². The third-order valence-electron chi connectivity index (χ3n) is 2.90. The van der Waals surface area contributed by atoms with Gasteiger partial charge in [0.25, 0.3) is 5.91 Å². The standard InChI is InChI=1S/C15H24N2O3/c1-10(2)7-17-15(20)12-4-5-14(11(3)6-12)16-8-13(19)9-18/h4-6,10,13,16,18-19H,7-9H2,1-3H3,(H,17,20). The number of nitrogens with one attached hydrogen (secondary N) is 2. The normalized spacial score (nSPS) is 12.3. The van der Waals surface area contributed by atoms with Gasteiger partial charge in [-0.05, 0) is 36.6 Å². The van der Waals surface area contributed by atoms with Crippen molar-refractivity contribution in [2.75, 3.05) is 25.0 Å². The molecular formula is C15H24N2O3. The molecule has 0 saturated carbocycles. The molecule has 1 rings (SSSR count). The van der Waals surface area contributed by atoms with Crippen LogP contribution in [0.2, 0.25) is 0 Å². The lowest BCUT2D eigenvalue weighted by Gasteiger charge is -2.14. The van der Waals surface area contributed by atoms with E-state index in [9.17, 15) is 9.90 Å². The lowest BCUT2D eigenvalue weighted by Crippen LogP contribution is -2.27. The molecule has 0 fully saturated rings. The van der Waals surface area contributed by atoms with Crippen molar-refractivity contribution in [1.82, 2.24) is 5.32 Å². The highest BCUT2D eigenvalue weighted by atomic mass is 16.3. The number of aliphatic hydroxyl groups is 2. The maximum atomic E-state index is 11.9. The van der Waals surface area contributed by atoms with Gasteiger partial charge in [0.2, 0.25) is 0 Å². The number of anilines is 1. The molecular weight excluding hydrogens is 256 g/mol. The van der Waals surface area contributed by atoms with Crippen LogP contribution in [-0.4, -0.2) is 41.9 Å².